The van der Waals surface area contributed by atoms with Crippen LogP contribution in [0, 0.1) is 11.8 Å². The topological polar surface area (TPSA) is 35.2 Å². The lowest BCUT2D eigenvalue weighted by molar-refractivity contribution is 0.263. The highest BCUT2D eigenvalue weighted by Gasteiger charge is 2.33. The summed E-state index contributed by atoms with van der Waals surface area (Å²) in [4.78, 5) is 0. The van der Waals surface area contributed by atoms with Crippen LogP contribution in [0.3, 0.4) is 0 Å². The molecule has 14 heavy (non-hydrogen) atoms. The Morgan fingerprint density at radius 1 is 1.29 bits per heavy atom. The molecule has 0 saturated carbocycles. The van der Waals surface area contributed by atoms with Gasteiger partial charge in [-0.25, -0.2) is 0 Å². The SMILES string of the molecule is NC1C#CC=C2c3ccccc3OC21. The Morgan fingerprint density at radius 2 is 2.14 bits per heavy atom. The maximum absolute atomic E-state index is 5.86. The fourth-order valence-corrected chi connectivity index (χ4v) is 1.88. The summed E-state index contributed by atoms with van der Waals surface area (Å²) in [5, 5.41) is 0. The van der Waals surface area contributed by atoms with E-state index in [2.05, 4.69) is 11.8 Å². The average Bonchev–Trinajstić information content (AvgIpc) is 2.59. The van der Waals surface area contributed by atoms with Gasteiger partial charge in [-0.3, -0.25) is 0 Å². The van der Waals surface area contributed by atoms with Crippen molar-refractivity contribution < 1.29 is 4.74 Å². The van der Waals surface area contributed by atoms with Crippen molar-refractivity contribution >= 4 is 5.57 Å². The fraction of sp³-hybridized carbons (Fsp3) is 0.167. The maximum atomic E-state index is 5.86. The van der Waals surface area contributed by atoms with Crippen LogP contribution in [0.15, 0.2) is 30.3 Å². The molecule has 0 bridgehead atoms. The van der Waals surface area contributed by atoms with Crippen molar-refractivity contribution in [1.29, 1.82) is 0 Å². The van der Waals surface area contributed by atoms with Crippen molar-refractivity contribution in [2.45, 2.75) is 12.1 Å². The Kier molecular flexibility index (Phi) is 1.44. The molecule has 0 spiro atoms. The molecule has 0 aromatic heterocycles. The molecule has 68 valence electrons. The zero-order valence-corrected chi connectivity index (χ0v) is 7.53. The minimum Gasteiger partial charge on any atom is -0.482 e. The third kappa shape index (κ3) is 0.905. The summed E-state index contributed by atoms with van der Waals surface area (Å²) in [6.07, 6.45) is 1.83. The van der Waals surface area contributed by atoms with Crippen LogP contribution >= 0.6 is 0 Å². The monoisotopic (exact) mass is 183 g/mol. The quantitative estimate of drug-likeness (QED) is 0.613. The van der Waals surface area contributed by atoms with E-state index in [4.69, 9.17) is 10.5 Å². The van der Waals surface area contributed by atoms with Gasteiger partial charge in [-0.15, -0.1) is 0 Å². The molecule has 0 saturated heterocycles. The Balaban J connectivity index is 2.17. The Labute approximate surface area is 82.4 Å². The number of allylic oxidation sites excluding steroid dienone is 1. The highest BCUT2D eigenvalue weighted by molar-refractivity contribution is 5.81. The number of para-hydroxylation sites is 1. The van der Waals surface area contributed by atoms with Gasteiger partial charge in [-0.05, 0) is 12.1 Å². The van der Waals surface area contributed by atoms with Crippen LogP contribution in [-0.2, 0) is 0 Å². The first-order chi connectivity index (χ1) is 6.86. The Bertz CT molecular complexity index is 479. The van der Waals surface area contributed by atoms with Crippen molar-refractivity contribution in [2.75, 3.05) is 0 Å². The molecule has 1 heterocycles. The van der Waals surface area contributed by atoms with Crippen LogP contribution in [0.2, 0.25) is 0 Å². The zero-order valence-electron chi connectivity index (χ0n) is 7.53. The highest BCUT2D eigenvalue weighted by atomic mass is 16.5. The van der Waals surface area contributed by atoms with Gasteiger partial charge in [0.05, 0.1) is 0 Å². The van der Waals surface area contributed by atoms with E-state index in [1.54, 1.807) is 0 Å². The van der Waals surface area contributed by atoms with Gasteiger partial charge in [0.2, 0.25) is 0 Å². The fourth-order valence-electron chi connectivity index (χ4n) is 1.88. The number of fused-ring (bicyclic) bond motifs is 3. The van der Waals surface area contributed by atoms with Gasteiger partial charge in [0.25, 0.3) is 0 Å². The summed E-state index contributed by atoms with van der Waals surface area (Å²) in [6, 6.07) is 7.76. The van der Waals surface area contributed by atoms with Gasteiger partial charge >= 0.3 is 0 Å². The van der Waals surface area contributed by atoms with E-state index in [0.717, 1.165) is 16.9 Å². The van der Waals surface area contributed by atoms with E-state index in [1.807, 2.05) is 30.3 Å². The van der Waals surface area contributed by atoms with Crippen LogP contribution < -0.4 is 10.5 Å². The summed E-state index contributed by atoms with van der Waals surface area (Å²) < 4.78 is 5.73. The van der Waals surface area contributed by atoms with Crippen LogP contribution in [-0.4, -0.2) is 12.1 Å². The summed E-state index contributed by atoms with van der Waals surface area (Å²) in [6.45, 7) is 0. The van der Waals surface area contributed by atoms with E-state index in [-0.39, 0.29) is 12.1 Å². The van der Waals surface area contributed by atoms with Gasteiger partial charge in [0.1, 0.15) is 11.8 Å². The van der Waals surface area contributed by atoms with Crippen LogP contribution in [0.4, 0.5) is 0 Å². The molecule has 0 fully saturated rings. The molecule has 0 amide bonds. The smallest absolute Gasteiger partial charge is 0.151 e. The highest BCUT2D eigenvalue weighted by Crippen LogP contribution is 2.38. The second kappa shape index (κ2) is 2.63. The minimum absolute atomic E-state index is 0.0753. The largest absolute Gasteiger partial charge is 0.482 e. The molecule has 1 aliphatic carbocycles. The van der Waals surface area contributed by atoms with Crippen LogP contribution in [0.1, 0.15) is 5.56 Å². The van der Waals surface area contributed by atoms with Crippen molar-refractivity contribution in [1.82, 2.24) is 0 Å². The number of rotatable bonds is 0. The lowest BCUT2D eigenvalue weighted by atomic mass is 9.95. The predicted molar refractivity (Wildman–Crippen MR) is 54.6 cm³/mol. The molecule has 1 aromatic carbocycles. The Morgan fingerprint density at radius 3 is 3.07 bits per heavy atom. The van der Waals surface area contributed by atoms with Crippen molar-refractivity contribution in [3.8, 4) is 17.6 Å². The van der Waals surface area contributed by atoms with Gasteiger partial charge in [-0.2, -0.15) is 0 Å². The summed E-state index contributed by atoms with van der Waals surface area (Å²) >= 11 is 0. The van der Waals surface area contributed by atoms with E-state index in [1.165, 1.54) is 0 Å². The molecular formula is C12H9NO. The van der Waals surface area contributed by atoms with Gasteiger partial charge in [-0.1, -0.05) is 30.0 Å². The molecule has 1 aliphatic heterocycles. The third-order valence-electron chi connectivity index (χ3n) is 2.56. The lowest BCUT2D eigenvalue weighted by Crippen LogP contribution is -2.37. The molecule has 2 N–H and O–H groups in total. The number of hydrogen-bond donors (Lipinski definition) is 1. The first-order valence-corrected chi connectivity index (χ1v) is 4.59. The summed E-state index contributed by atoms with van der Waals surface area (Å²) in [5.74, 6) is 6.75. The molecule has 2 aliphatic rings. The number of nitrogens with two attached hydrogens (primary N) is 1. The molecule has 0 radical (unpaired) electrons. The van der Waals surface area contributed by atoms with Crippen molar-refractivity contribution in [3.63, 3.8) is 0 Å². The zero-order chi connectivity index (χ0) is 9.54. The minimum atomic E-state index is -0.206. The van der Waals surface area contributed by atoms with Gasteiger partial charge in [0, 0.05) is 11.1 Å². The normalized spacial score (nSPS) is 26.5. The number of benzene rings is 1. The first-order valence-electron chi connectivity index (χ1n) is 4.59. The molecule has 2 unspecified atom stereocenters. The molecule has 1 aromatic rings. The molecule has 2 heteroatoms. The average molecular weight is 183 g/mol. The lowest BCUT2D eigenvalue weighted by Gasteiger charge is -2.17. The van der Waals surface area contributed by atoms with E-state index in [9.17, 15) is 0 Å². The van der Waals surface area contributed by atoms with Gasteiger partial charge in [0.15, 0.2) is 6.10 Å². The van der Waals surface area contributed by atoms with E-state index >= 15 is 0 Å². The van der Waals surface area contributed by atoms with E-state index in [0.29, 0.717) is 0 Å². The van der Waals surface area contributed by atoms with Gasteiger partial charge < -0.3 is 10.5 Å². The number of ether oxygens (including phenoxy) is 1. The number of hydrogen-bond acceptors (Lipinski definition) is 2. The van der Waals surface area contributed by atoms with Crippen LogP contribution in [0.5, 0.6) is 5.75 Å². The molecular weight excluding hydrogens is 174 g/mol. The summed E-state index contributed by atoms with van der Waals surface area (Å²) in [7, 11) is 0. The second-order valence-electron chi connectivity index (χ2n) is 3.45. The predicted octanol–water partition coefficient (Wildman–Crippen LogP) is 1.18. The first kappa shape index (κ1) is 7.66. The molecule has 2 nitrogen and oxygen atoms in total. The summed E-state index contributed by atoms with van der Waals surface area (Å²) in [5.41, 5.74) is 8.10. The Hall–Kier alpha value is -1.72. The molecule has 2 atom stereocenters. The molecule has 3 rings (SSSR count). The maximum Gasteiger partial charge on any atom is 0.151 e. The van der Waals surface area contributed by atoms with Crippen LogP contribution in [0.25, 0.3) is 5.57 Å². The van der Waals surface area contributed by atoms with Crippen molar-refractivity contribution in [2.24, 2.45) is 5.73 Å². The van der Waals surface area contributed by atoms with Crippen molar-refractivity contribution in [3.05, 3.63) is 35.9 Å². The third-order valence-corrected chi connectivity index (χ3v) is 2.56. The van der Waals surface area contributed by atoms with E-state index < -0.39 is 0 Å². The second-order valence-corrected chi connectivity index (χ2v) is 3.45. The standard InChI is InChI=1S/C12H9NO/c13-10-6-3-5-9-8-4-1-2-7-11(8)14-12(9)10/h1-2,4-5,7,10,12H,13H2.